The van der Waals surface area contributed by atoms with Crippen LogP contribution in [0.1, 0.15) is 38.4 Å². The number of benzene rings is 1. The topological polar surface area (TPSA) is 55.8 Å². The van der Waals surface area contributed by atoms with Gasteiger partial charge in [0.1, 0.15) is 0 Å². The minimum Gasteiger partial charge on any atom is -0.502 e. The van der Waals surface area contributed by atoms with E-state index < -0.39 is 5.97 Å². The Morgan fingerprint density at radius 3 is 2.60 bits per heavy atom. The van der Waals surface area contributed by atoms with Gasteiger partial charge in [-0.3, -0.25) is 0 Å². The van der Waals surface area contributed by atoms with Gasteiger partial charge < -0.3 is 14.6 Å². The first-order valence-corrected chi connectivity index (χ1v) is 6.88. The molecule has 1 aromatic carbocycles. The highest BCUT2D eigenvalue weighted by atomic mass is 16.5. The van der Waals surface area contributed by atoms with Gasteiger partial charge in [0.15, 0.2) is 5.76 Å². The molecule has 0 aliphatic heterocycles. The maximum absolute atomic E-state index is 11.2. The molecule has 110 valence electrons. The number of aliphatic hydroxyl groups excluding tert-OH is 1. The molecule has 0 heterocycles. The Morgan fingerprint density at radius 1 is 1.30 bits per heavy atom. The van der Waals surface area contributed by atoms with E-state index in [0.29, 0.717) is 13.0 Å². The first kappa shape index (κ1) is 16.2. The smallest absolute Gasteiger partial charge is 0.373 e. The largest absolute Gasteiger partial charge is 0.502 e. The van der Waals surface area contributed by atoms with Crippen molar-refractivity contribution in [3.05, 3.63) is 47.7 Å². The van der Waals surface area contributed by atoms with E-state index in [1.165, 1.54) is 6.08 Å². The summed E-state index contributed by atoms with van der Waals surface area (Å²) in [6, 6.07) is 10.0. The molecule has 0 saturated heterocycles. The van der Waals surface area contributed by atoms with Gasteiger partial charge in [0, 0.05) is 6.42 Å². The molecule has 0 bridgehead atoms. The third-order valence-corrected chi connectivity index (χ3v) is 2.87. The summed E-state index contributed by atoms with van der Waals surface area (Å²) in [5.74, 6) is -1.05. The van der Waals surface area contributed by atoms with Crippen LogP contribution in [0.2, 0.25) is 0 Å². The van der Waals surface area contributed by atoms with Crippen molar-refractivity contribution in [1.82, 2.24) is 0 Å². The van der Waals surface area contributed by atoms with Crippen LogP contribution in [0.15, 0.2) is 42.2 Å². The van der Waals surface area contributed by atoms with Gasteiger partial charge in [0.25, 0.3) is 0 Å². The molecule has 1 atom stereocenters. The van der Waals surface area contributed by atoms with Crippen LogP contribution in [0.25, 0.3) is 0 Å². The van der Waals surface area contributed by atoms with Crippen LogP contribution in [0.5, 0.6) is 0 Å². The number of esters is 1. The summed E-state index contributed by atoms with van der Waals surface area (Å²) in [4.78, 5) is 11.2. The zero-order valence-electron chi connectivity index (χ0n) is 12.0. The van der Waals surface area contributed by atoms with E-state index in [4.69, 9.17) is 14.6 Å². The lowest BCUT2D eigenvalue weighted by atomic mass is 10.1. The van der Waals surface area contributed by atoms with E-state index in [-0.39, 0.29) is 18.5 Å². The van der Waals surface area contributed by atoms with E-state index in [0.717, 1.165) is 12.0 Å². The van der Waals surface area contributed by atoms with Gasteiger partial charge in [0.2, 0.25) is 0 Å². The summed E-state index contributed by atoms with van der Waals surface area (Å²) in [6.07, 6.45) is 2.87. The monoisotopic (exact) mass is 278 g/mol. The van der Waals surface area contributed by atoms with Crippen LogP contribution in [0.3, 0.4) is 0 Å². The zero-order chi connectivity index (χ0) is 14.8. The van der Waals surface area contributed by atoms with Crippen molar-refractivity contribution in [3.63, 3.8) is 0 Å². The van der Waals surface area contributed by atoms with E-state index in [1.54, 1.807) is 6.92 Å². The minimum absolute atomic E-state index is 0.0656. The van der Waals surface area contributed by atoms with E-state index in [2.05, 4.69) is 6.92 Å². The van der Waals surface area contributed by atoms with Gasteiger partial charge in [-0.1, -0.05) is 37.3 Å². The molecule has 0 aliphatic carbocycles. The molecule has 20 heavy (non-hydrogen) atoms. The van der Waals surface area contributed by atoms with Crippen LogP contribution in [-0.2, 0) is 14.3 Å². The molecule has 1 aromatic rings. The fraction of sp³-hybridized carbons (Fsp3) is 0.438. The predicted molar refractivity (Wildman–Crippen MR) is 77.4 cm³/mol. The Balaban J connectivity index is 2.25. The predicted octanol–water partition coefficient (Wildman–Crippen LogP) is 3.55. The lowest BCUT2D eigenvalue weighted by molar-refractivity contribution is -0.142. The van der Waals surface area contributed by atoms with Gasteiger partial charge in [-0.15, -0.1) is 0 Å². The summed E-state index contributed by atoms with van der Waals surface area (Å²) in [6.45, 7) is 4.40. The standard InChI is InChI=1S/C16H22O4/c1-3-14(17)16(18)20-12-8-11-19-15(4-2)13-9-6-5-7-10-13/h3,5-7,9-10,15,17H,4,8,11-12H2,1-2H3. The third-order valence-electron chi connectivity index (χ3n) is 2.87. The number of hydrogen-bond acceptors (Lipinski definition) is 4. The average Bonchev–Trinajstić information content (AvgIpc) is 2.50. The van der Waals surface area contributed by atoms with Crippen molar-refractivity contribution in [2.24, 2.45) is 0 Å². The highest BCUT2D eigenvalue weighted by Crippen LogP contribution is 2.20. The van der Waals surface area contributed by atoms with Crippen LogP contribution in [0.4, 0.5) is 0 Å². The number of hydrogen-bond donors (Lipinski definition) is 1. The molecular weight excluding hydrogens is 256 g/mol. The molecule has 0 aromatic heterocycles. The van der Waals surface area contributed by atoms with Gasteiger partial charge in [0.05, 0.1) is 19.3 Å². The Hall–Kier alpha value is -1.81. The molecule has 1 N–H and O–H groups in total. The second-order valence-electron chi connectivity index (χ2n) is 4.34. The van der Waals surface area contributed by atoms with Crippen molar-refractivity contribution in [2.75, 3.05) is 13.2 Å². The van der Waals surface area contributed by atoms with Crippen molar-refractivity contribution in [2.45, 2.75) is 32.8 Å². The van der Waals surface area contributed by atoms with E-state index >= 15 is 0 Å². The van der Waals surface area contributed by atoms with Gasteiger partial charge in [-0.2, -0.15) is 0 Å². The third kappa shape index (κ3) is 5.45. The highest BCUT2D eigenvalue weighted by Gasteiger charge is 2.10. The average molecular weight is 278 g/mol. The molecule has 1 unspecified atom stereocenters. The number of ether oxygens (including phenoxy) is 2. The molecular formula is C16H22O4. The minimum atomic E-state index is -0.692. The number of aliphatic hydroxyl groups is 1. The summed E-state index contributed by atoms with van der Waals surface area (Å²) in [5, 5.41) is 9.11. The second-order valence-corrected chi connectivity index (χ2v) is 4.34. The molecule has 0 saturated carbocycles. The Labute approximate surface area is 120 Å². The highest BCUT2D eigenvalue weighted by molar-refractivity contribution is 5.85. The van der Waals surface area contributed by atoms with Crippen molar-refractivity contribution >= 4 is 5.97 Å². The maximum Gasteiger partial charge on any atom is 0.373 e. The Morgan fingerprint density at radius 2 is 2.00 bits per heavy atom. The SMILES string of the molecule is CC=C(O)C(=O)OCCCOC(CC)c1ccccc1. The number of rotatable bonds is 8. The van der Waals surface area contributed by atoms with Gasteiger partial charge >= 0.3 is 5.97 Å². The fourth-order valence-corrected chi connectivity index (χ4v) is 1.76. The number of carbonyl (C=O) groups is 1. The summed E-state index contributed by atoms with van der Waals surface area (Å²) < 4.78 is 10.7. The molecule has 0 aliphatic rings. The normalized spacial score (nSPS) is 13.0. The lowest BCUT2D eigenvalue weighted by Crippen LogP contribution is -2.11. The quantitative estimate of drug-likeness (QED) is 0.342. The number of carbonyl (C=O) groups excluding carboxylic acids is 1. The Bertz CT molecular complexity index is 425. The van der Waals surface area contributed by atoms with Crippen LogP contribution in [0, 0.1) is 0 Å². The lowest BCUT2D eigenvalue weighted by Gasteiger charge is -2.16. The van der Waals surface area contributed by atoms with Crippen molar-refractivity contribution < 1.29 is 19.4 Å². The first-order valence-electron chi connectivity index (χ1n) is 6.88. The summed E-state index contributed by atoms with van der Waals surface area (Å²) in [7, 11) is 0. The van der Waals surface area contributed by atoms with E-state index in [1.807, 2.05) is 30.3 Å². The van der Waals surface area contributed by atoms with Gasteiger partial charge in [-0.25, -0.2) is 4.79 Å². The van der Waals surface area contributed by atoms with Crippen LogP contribution < -0.4 is 0 Å². The zero-order valence-corrected chi connectivity index (χ0v) is 12.0. The number of allylic oxidation sites excluding steroid dienone is 1. The summed E-state index contributed by atoms with van der Waals surface area (Å²) >= 11 is 0. The van der Waals surface area contributed by atoms with E-state index in [9.17, 15) is 4.79 Å². The van der Waals surface area contributed by atoms with Crippen LogP contribution >= 0.6 is 0 Å². The fourth-order valence-electron chi connectivity index (χ4n) is 1.76. The molecule has 4 heteroatoms. The molecule has 0 spiro atoms. The molecule has 0 amide bonds. The summed E-state index contributed by atoms with van der Waals surface area (Å²) in [5.41, 5.74) is 1.15. The Kier molecular flexibility index (Phi) is 7.43. The molecule has 4 nitrogen and oxygen atoms in total. The van der Waals surface area contributed by atoms with Gasteiger partial charge in [-0.05, 0) is 25.0 Å². The first-order chi connectivity index (χ1) is 9.69. The molecule has 0 fully saturated rings. The van der Waals surface area contributed by atoms with Crippen molar-refractivity contribution in [3.8, 4) is 0 Å². The molecule has 1 rings (SSSR count). The van der Waals surface area contributed by atoms with Crippen LogP contribution in [-0.4, -0.2) is 24.3 Å². The van der Waals surface area contributed by atoms with Crippen molar-refractivity contribution in [1.29, 1.82) is 0 Å². The second kappa shape index (κ2) is 9.15. The molecule has 0 radical (unpaired) electrons. The maximum atomic E-state index is 11.2.